The van der Waals surface area contributed by atoms with Gasteiger partial charge in [0.05, 0.1) is 0 Å². The summed E-state index contributed by atoms with van der Waals surface area (Å²) in [6, 6.07) is 0.373. The molecule has 18 heavy (non-hydrogen) atoms. The van der Waals surface area contributed by atoms with Gasteiger partial charge >= 0.3 is 0 Å². The Morgan fingerprint density at radius 2 is 2.17 bits per heavy atom. The monoisotopic (exact) mass is 272 g/mol. The molecule has 0 spiro atoms. The van der Waals surface area contributed by atoms with E-state index in [0.29, 0.717) is 17.9 Å². The van der Waals surface area contributed by atoms with Gasteiger partial charge in [0.15, 0.2) is 0 Å². The Morgan fingerprint density at radius 3 is 2.78 bits per heavy atom. The van der Waals surface area contributed by atoms with Crippen molar-refractivity contribution in [2.24, 2.45) is 5.41 Å². The van der Waals surface area contributed by atoms with Gasteiger partial charge in [-0.25, -0.2) is 0 Å². The second-order valence-corrected chi connectivity index (χ2v) is 7.45. The van der Waals surface area contributed by atoms with Crippen molar-refractivity contribution in [2.45, 2.75) is 52.5 Å². The van der Waals surface area contributed by atoms with E-state index in [4.69, 9.17) is 0 Å². The maximum atomic E-state index is 11.7. The van der Waals surface area contributed by atoms with Crippen LogP contribution in [0.2, 0.25) is 0 Å². The number of nitrogens with one attached hydrogen (secondary N) is 2. The van der Waals surface area contributed by atoms with Gasteiger partial charge in [0.2, 0.25) is 5.91 Å². The van der Waals surface area contributed by atoms with E-state index in [2.05, 4.69) is 31.4 Å². The zero-order valence-electron chi connectivity index (χ0n) is 12.1. The van der Waals surface area contributed by atoms with Crippen LogP contribution in [0.5, 0.6) is 0 Å². The van der Waals surface area contributed by atoms with E-state index in [1.165, 1.54) is 18.6 Å². The lowest BCUT2D eigenvalue weighted by atomic mass is 9.90. The molecule has 1 rings (SSSR count). The highest BCUT2D eigenvalue weighted by atomic mass is 32.2. The maximum absolute atomic E-state index is 11.7. The molecule has 0 aliphatic carbocycles. The summed E-state index contributed by atoms with van der Waals surface area (Å²) in [5, 5.41) is 6.42. The third-order valence-electron chi connectivity index (χ3n) is 3.11. The topological polar surface area (TPSA) is 41.1 Å². The number of amides is 1. The Morgan fingerprint density at radius 1 is 1.39 bits per heavy atom. The number of hydrogen-bond acceptors (Lipinski definition) is 3. The SMILES string of the molecule is CC(C)(C)CCCCNC(=O)CC1CSCCN1. The minimum atomic E-state index is 0.200. The van der Waals surface area contributed by atoms with E-state index < -0.39 is 0 Å². The van der Waals surface area contributed by atoms with E-state index in [-0.39, 0.29) is 5.91 Å². The van der Waals surface area contributed by atoms with Crippen LogP contribution in [-0.2, 0) is 4.79 Å². The lowest BCUT2D eigenvalue weighted by Crippen LogP contribution is -2.41. The molecule has 1 saturated heterocycles. The van der Waals surface area contributed by atoms with Crippen molar-refractivity contribution < 1.29 is 4.79 Å². The largest absolute Gasteiger partial charge is 0.356 e. The molecule has 2 N–H and O–H groups in total. The van der Waals surface area contributed by atoms with Gasteiger partial charge in [-0.15, -0.1) is 0 Å². The van der Waals surface area contributed by atoms with Crippen LogP contribution in [-0.4, -0.2) is 36.5 Å². The lowest BCUT2D eigenvalue weighted by Gasteiger charge is -2.22. The van der Waals surface area contributed by atoms with Gasteiger partial charge in [0, 0.05) is 37.1 Å². The summed E-state index contributed by atoms with van der Waals surface area (Å²) in [5.41, 5.74) is 0.410. The van der Waals surface area contributed by atoms with Gasteiger partial charge in [-0.1, -0.05) is 27.2 Å². The molecule has 0 aromatic heterocycles. The smallest absolute Gasteiger partial charge is 0.221 e. The average molecular weight is 272 g/mol. The first-order valence-electron chi connectivity index (χ1n) is 7.05. The Hall–Kier alpha value is -0.220. The van der Waals surface area contributed by atoms with Crippen LogP contribution in [0.15, 0.2) is 0 Å². The lowest BCUT2D eigenvalue weighted by molar-refractivity contribution is -0.121. The average Bonchev–Trinajstić information content (AvgIpc) is 2.28. The first-order valence-corrected chi connectivity index (χ1v) is 8.21. The second-order valence-electron chi connectivity index (χ2n) is 6.30. The Labute approximate surface area is 116 Å². The zero-order chi connectivity index (χ0) is 13.4. The Bertz CT molecular complexity index is 245. The molecule has 3 nitrogen and oxygen atoms in total. The maximum Gasteiger partial charge on any atom is 0.221 e. The molecule has 1 aliphatic rings. The third-order valence-corrected chi connectivity index (χ3v) is 4.24. The Balaban J connectivity index is 1.99. The molecule has 0 aromatic carbocycles. The summed E-state index contributed by atoms with van der Waals surface area (Å²) in [7, 11) is 0. The molecule has 0 radical (unpaired) electrons. The van der Waals surface area contributed by atoms with Crippen LogP contribution >= 0.6 is 11.8 Å². The molecule has 1 atom stereocenters. The van der Waals surface area contributed by atoms with Crippen LogP contribution in [0.3, 0.4) is 0 Å². The van der Waals surface area contributed by atoms with Crippen LogP contribution in [0.1, 0.15) is 46.5 Å². The van der Waals surface area contributed by atoms with Gasteiger partial charge in [-0.2, -0.15) is 11.8 Å². The summed E-state index contributed by atoms with van der Waals surface area (Å²) in [6.45, 7) is 8.65. The fourth-order valence-corrected chi connectivity index (χ4v) is 3.00. The van der Waals surface area contributed by atoms with Crippen LogP contribution in [0.4, 0.5) is 0 Å². The van der Waals surface area contributed by atoms with E-state index in [0.717, 1.165) is 25.3 Å². The van der Waals surface area contributed by atoms with Crippen molar-refractivity contribution in [1.29, 1.82) is 0 Å². The van der Waals surface area contributed by atoms with Gasteiger partial charge < -0.3 is 10.6 Å². The van der Waals surface area contributed by atoms with Gasteiger partial charge in [0.1, 0.15) is 0 Å². The highest BCUT2D eigenvalue weighted by Crippen LogP contribution is 2.21. The number of thioether (sulfide) groups is 1. The Kier molecular flexibility index (Phi) is 7.08. The predicted octanol–water partition coefficient (Wildman–Crippen LogP) is 2.41. The first-order chi connectivity index (χ1) is 8.47. The molecule has 0 saturated carbocycles. The number of carbonyl (C=O) groups excluding carboxylic acids is 1. The van der Waals surface area contributed by atoms with Crippen LogP contribution in [0, 0.1) is 5.41 Å². The highest BCUT2D eigenvalue weighted by molar-refractivity contribution is 7.99. The van der Waals surface area contributed by atoms with Crippen molar-refractivity contribution >= 4 is 17.7 Å². The van der Waals surface area contributed by atoms with Gasteiger partial charge in [0.25, 0.3) is 0 Å². The molecule has 1 fully saturated rings. The summed E-state index contributed by atoms with van der Waals surface area (Å²) in [5.74, 6) is 2.44. The summed E-state index contributed by atoms with van der Waals surface area (Å²) in [4.78, 5) is 11.7. The van der Waals surface area contributed by atoms with Crippen LogP contribution in [0.25, 0.3) is 0 Å². The van der Waals surface area contributed by atoms with Crippen molar-refractivity contribution in [3.63, 3.8) is 0 Å². The molecule has 106 valence electrons. The van der Waals surface area contributed by atoms with E-state index >= 15 is 0 Å². The summed E-state index contributed by atoms with van der Waals surface area (Å²) in [6.07, 6.45) is 4.15. The first kappa shape index (κ1) is 15.8. The van der Waals surface area contributed by atoms with Crippen molar-refractivity contribution in [2.75, 3.05) is 24.6 Å². The molecular weight excluding hydrogens is 244 g/mol. The number of hydrogen-bond donors (Lipinski definition) is 2. The summed E-state index contributed by atoms with van der Waals surface area (Å²) < 4.78 is 0. The van der Waals surface area contributed by atoms with Crippen molar-refractivity contribution in [1.82, 2.24) is 10.6 Å². The minimum Gasteiger partial charge on any atom is -0.356 e. The quantitative estimate of drug-likeness (QED) is 0.730. The normalized spacial score (nSPS) is 20.7. The van der Waals surface area contributed by atoms with Gasteiger partial charge in [-0.3, -0.25) is 4.79 Å². The molecule has 1 amide bonds. The standard InChI is InChI=1S/C14H28N2OS/c1-14(2,3)6-4-5-7-16-13(17)10-12-11-18-9-8-15-12/h12,15H,4-11H2,1-3H3,(H,16,17). The molecule has 1 aliphatic heterocycles. The number of carbonyl (C=O) groups is 1. The second kappa shape index (κ2) is 8.05. The van der Waals surface area contributed by atoms with Crippen molar-refractivity contribution in [3.05, 3.63) is 0 Å². The molecule has 1 heterocycles. The van der Waals surface area contributed by atoms with Crippen molar-refractivity contribution in [3.8, 4) is 0 Å². The van der Waals surface area contributed by atoms with E-state index in [1.54, 1.807) is 0 Å². The molecular formula is C14H28N2OS. The van der Waals surface area contributed by atoms with Crippen LogP contribution < -0.4 is 10.6 Å². The fraction of sp³-hybridized carbons (Fsp3) is 0.929. The molecule has 0 bridgehead atoms. The fourth-order valence-electron chi connectivity index (χ4n) is 2.05. The zero-order valence-corrected chi connectivity index (χ0v) is 12.9. The highest BCUT2D eigenvalue weighted by Gasteiger charge is 2.16. The minimum absolute atomic E-state index is 0.200. The number of rotatable bonds is 6. The molecule has 4 heteroatoms. The summed E-state index contributed by atoms with van der Waals surface area (Å²) >= 11 is 1.94. The predicted molar refractivity (Wildman–Crippen MR) is 80.0 cm³/mol. The van der Waals surface area contributed by atoms with E-state index in [9.17, 15) is 4.79 Å². The molecule has 0 aromatic rings. The van der Waals surface area contributed by atoms with Gasteiger partial charge in [-0.05, 0) is 18.3 Å². The van der Waals surface area contributed by atoms with E-state index in [1.807, 2.05) is 11.8 Å². The third kappa shape index (κ3) is 7.98. The molecule has 1 unspecified atom stereocenters. The number of unbranched alkanes of at least 4 members (excludes halogenated alkanes) is 1.